The highest BCUT2D eigenvalue weighted by molar-refractivity contribution is 6.36. The lowest BCUT2D eigenvalue weighted by atomic mass is 9.95. The van der Waals surface area contributed by atoms with Gasteiger partial charge in [0, 0.05) is 0 Å². The Kier molecular flexibility index (Phi) is 2.04. The van der Waals surface area contributed by atoms with E-state index in [1.54, 1.807) is 6.07 Å². The number of fused-ring (bicyclic) bond motifs is 1. The Labute approximate surface area is 91.6 Å². The minimum Gasteiger partial charge on any atom is -0.305 e. The summed E-state index contributed by atoms with van der Waals surface area (Å²) in [6, 6.07) is 1.78. The molecule has 0 saturated heterocycles. The van der Waals surface area contributed by atoms with Gasteiger partial charge in [-0.1, -0.05) is 0 Å². The van der Waals surface area contributed by atoms with Gasteiger partial charge in [0.15, 0.2) is 0 Å². The molecule has 0 N–H and O–H groups in total. The van der Waals surface area contributed by atoms with Crippen LogP contribution in [0.15, 0.2) is 6.07 Å². The number of nitrogens with zero attached hydrogens (tertiary/aromatic N) is 1. The Morgan fingerprint density at radius 1 is 1.07 bits per heavy atom. The molecule has 1 aliphatic rings. The third-order valence-electron chi connectivity index (χ3n) is 3.01. The topological polar surface area (TPSA) is 37.4 Å². The van der Waals surface area contributed by atoms with E-state index in [2.05, 4.69) is 10.4 Å². The van der Waals surface area contributed by atoms with Crippen LogP contribution in [0.2, 0.25) is 0 Å². The van der Waals surface area contributed by atoms with Crippen LogP contribution in [0.25, 0.3) is 0 Å². The summed E-state index contributed by atoms with van der Waals surface area (Å²) in [4.78, 5) is 23.4. The molecule has 1 aliphatic heterocycles. The molecule has 0 aliphatic carbocycles. The van der Waals surface area contributed by atoms with Crippen molar-refractivity contribution < 1.29 is 9.59 Å². The Morgan fingerprint density at radius 3 is 2.27 bits per heavy atom. The predicted octanol–water partition coefficient (Wildman–Crippen LogP) is 1.29. The molecule has 3 radical (unpaired) electrons. The number of carbonyl (C=O) groups excluding carboxylic acids is 2. The van der Waals surface area contributed by atoms with Gasteiger partial charge in [0.1, 0.15) is 0 Å². The van der Waals surface area contributed by atoms with Gasteiger partial charge < -0.3 is 4.57 Å². The largest absolute Gasteiger partial charge is 0.305 e. The van der Waals surface area contributed by atoms with Crippen LogP contribution in [0.1, 0.15) is 37.4 Å². The van der Waals surface area contributed by atoms with Gasteiger partial charge in [0.2, 0.25) is 10.4 Å². The lowest BCUT2D eigenvalue weighted by molar-refractivity contribution is 0.0766. The van der Waals surface area contributed by atoms with E-state index in [0.29, 0.717) is 11.1 Å². The van der Waals surface area contributed by atoms with Crippen molar-refractivity contribution in [3.8, 4) is 0 Å². The summed E-state index contributed by atoms with van der Waals surface area (Å²) < 4.78 is 0.983. The average Bonchev–Trinajstić information content (AvgIpc) is 2.40. The zero-order valence-electron chi connectivity index (χ0n) is 8.84. The van der Waals surface area contributed by atoms with Crippen molar-refractivity contribution >= 4 is 22.2 Å². The van der Waals surface area contributed by atoms with E-state index in [9.17, 15) is 9.59 Å². The van der Waals surface area contributed by atoms with Crippen molar-refractivity contribution in [2.75, 3.05) is 0 Å². The molecule has 0 bridgehead atoms. The zero-order chi connectivity index (χ0) is 11.3. The van der Waals surface area contributed by atoms with Crippen LogP contribution < -0.4 is 0 Å². The summed E-state index contributed by atoms with van der Waals surface area (Å²) >= 11 is 0. The molecule has 0 fully saturated rings. The van der Waals surface area contributed by atoms with Gasteiger partial charge in [0.05, 0.1) is 11.1 Å². The second-order valence-electron chi connectivity index (χ2n) is 3.81. The number of hydrogen-bond donors (Lipinski definition) is 0. The molecule has 2 amide bonds. The smallest absolute Gasteiger partial charge is 0.253 e. The quantitative estimate of drug-likeness (QED) is 0.484. The normalized spacial score (nSPS) is 14.8. The zero-order valence-corrected chi connectivity index (χ0v) is 9.84. The molecule has 1 aromatic carbocycles. The Balaban J connectivity index is 2.81. The average molecular weight is 216 g/mol. The summed E-state index contributed by atoms with van der Waals surface area (Å²) in [5.41, 5.74) is 4.02. The first kappa shape index (κ1) is 10.1. The molecule has 15 heavy (non-hydrogen) atoms. The Bertz CT molecular complexity index is 494. The van der Waals surface area contributed by atoms with Crippen LogP contribution in [0.4, 0.5) is 0 Å². The summed E-state index contributed by atoms with van der Waals surface area (Å²) in [6.45, 7) is 5.77. The third kappa shape index (κ3) is 1.18. The van der Waals surface area contributed by atoms with E-state index in [1.807, 2.05) is 20.8 Å². The molecule has 0 aromatic heterocycles. The van der Waals surface area contributed by atoms with E-state index in [-0.39, 0.29) is 11.8 Å². The molecule has 1 aromatic rings. The fourth-order valence-electron chi connectivity index (χ4n) is 1.85. The van der Waals surface area contributed by atoms with Crippen molar-refractivity contribution in [2.45, 2.75) is 20.8 Å². The molecular formula is C11H10NO2Si. The molecule has 0 atom stereocenters. The van der Waals surface area contributed by atoms with Gasteiger partial charge in [0.25, 0.3) is 11.8 Å². The van der Waals surface area contributed by atoms with Gasteiger partial charge in [-0.2, -0.15) is 0 Å². The van der Waals surface area contributed by atoms with Crippen LogP contribution in [0.5, 0.6) is 0 Å². The maximum atomic E-state index is 11.7. The number of hydrogen-bond acceptors (Lipinski definition) is 2. The first-order valence-corrected chi connectivity index (χ1v) is 5.10. The van der Waals surface area contributed by atoms with Crippen LogP contribution in [0, 0.1) is 20.8 Å². The third-order valence-corrected chi connectivity index (χ3v) is 3.42. The van der Waals surface area contributed by atoms with Crippen molar-refractivity contribution in [3.63, 3.8) is 0 Å². The first-order valence-electron chi connectivity index (χ1n) is 4.66. The van der Waals surface area contributed by atoms with Crippen molar-refractivity contribution in [1.82, 2.24) is 4.57 Å². The highest BCUT2D eigenvalue weighted by atomic mass is 28.2. The molecule has 2 rings (SSSR count). The maximum absolute atomic E-state index is 11.7. The maximum Gasteiger partial charge on any atom is 0.253 e. The van der Waals surface area contributed by atoms with Crippen LogP contribution in [-0.2, 0) is 0 Å². The van der Waals surface area contributed by atoms with E-state index in [1.165, 1.54) is 0 Å². The summed E-state index contributed by atoms with van der Waals surface area (Å²) in [7, 11) is 3.02. The number of imide groups is 1. The molecular weight excluding hydrogens is 206 g/mol. The number of carbonyl (C=O) groups is 2. The lowest BCUT2D eigenvalue weighted by Crippen LogP contribution is -2.26. The number of rotatable bonds is 0. The summed E-state index contributed by atoms with van der Waals surface area (Å²) in [5, 5.41) is 0. The van der Waals surface area contributed by atoms with Gasteiger partial charge >= 0.3 is 0 Å². The monoisotopic (exact) mass is 216 g/mol. The molecule has 3 nitrogen and oxygen atoms in total. The van der Waals surface area contributed by atoms with Gasteiger partial charge in [-0.15, -0.1) is 0 Å². The minimum atomic E-state index is -0.280. The molecule has 4 heteroatoms. The fraction of sp³-hybridized carbons (Fsp3) is 0.273. The van der Waals surface area contributed by atoms with Crippen molar-refractivity contribution in [1.29, 1.82) is 0 Å². The Hall–Kier alpha value is -1.42. The fourth-order valence-corrected chi connectivity index (χ4v) is 2.08. The first-order chi connectivity index (χ1) is 6.95. The van der Waals surface area contributed by atoms with Crippen LogP contribution >= 0.6 is 0 Å². The predicted molar refractivity (Wildman–Crippen MR) is 56.9 cm³/mol. The number of benzene rings is 1. The standard InChI is InChI=1S/C11H10NO2Si/c1-5-4-8-9(7(3)6(5)2)11(14)12(15)10(8)13/h4H,1-3H3. The van der Waals surface area contributed by atoms with Crippen molar-refractivity contribution in [3.05, 3.63) is 33.9 Å². The molecule has 0 spiro atoms. The molecule has 1 heterocycles. The van der Waals surface area contributed by atoms with Crippen molar-refractivity contribution in [2.24, 2.45) is 0 Å². The number of aryl methyl sites for hydroxylation is 1. The van der Waals surface area contributed by atoms with E-state index < -0.39 is 0 Å². The summed E-state index contributed by atoms with van der Waals surface area (Å²) in [6.07, 6.45) is 0. The molecule has 0 unspecified atom stereocenters. The second kappa shape index (κ2) is 3.03. The highest BCUT2D eigenvalue weighted by Gasteiger charge is 2.34. The lowest BCUT2D eigenvalue weighted by Gasteiger charge is -2.07. The molecule has 75 valence electrons. The van der Waals surface area contributed by atoms with E-state index in [0.717, 1.165) is 21.3 Å². The SMILES string of the molecule is Cc1cc2c(c(C)c1C)C(=O)N([Si])C2=O. The minimum absolute atomic E-state index is 0.271. The second-order valence-corrected chi connectivity index (χ2v) is 4.26. The summed E-state index contributed by atoms with van der Waals surface area (Å²) in [5.74, 6) is -0.551. The molecule has 0 saturated carbocycles. The van der Waals surface area contributed by atoms with Gasteiger partial charge in [-0.05, 0) is 43.5 Å². The number of amides is 2. The van der Waals surface area contributed by atoms with Crippen LogP contribution in [0.3, 0.4) is 0 Å². The van der Waals surface area contributed by atoms with Gasteiger partial charge in [-0.25, -0.2) is 0 Å². The Morgan fingerprint density at radius 2 is 1.67 bits per heavy atom. The highest BCUT2D eigenvalue weighted by Crippen LogP contribution is 2.28. The van der Waals surface area contributed by atoms with Gasteiger partial charge in [-0.3, -0.25) is 9.59 Å². The van der Waals surface area contributed by atoms with E-state index >= 15 is 0 Å². The van der Waals surface area contributed by atoms with Crippen LogP contribution in [-0.4, -0.2) is 26.8 Å². The van der Waals surface area contributed by atoms with E-state index in [4.69, 9.17) is 0 Å².